The summed E-state index contributed by atoms with van der Waals surface area (Å²) >= 11 is 0. The summed E-state index contributed by atoms with van der Waals surface area (Å²) in [6.45, 7) is 6.93. The molecule has 1 aromatic rings. The van der Waals surface area contributed by atoms with Crippen LogP contribution in [0.5, 0.6) is 0 Å². The summed E-state index contributed by atoms with van der Waals surface area (Å²) in [6.07, 6.45) is 0.396. The Balaban J connectivity index is 1.86. The number of carboxylic acids is 1. The third-order valence-corrected chi connectivity index (χ3v) is 3.74. The molecule has 0 aliphatic carbocycles. The highest BCUT2D eigenvalue weighted by Gasteiger charge is 2.22. The van der Waals surface area contributed by atoms with E-state index in [4.69, 9.17) is 9.84 Å². The summed E-state index contributed by atoms with van der Waals surface area (Å²) in [5.74, 6) is -1.17. The quantitative estimate of drug-likeness (QED) is 0.830. The molecule has 0 spiro atoms. The fourth-order valence-electron chi connectivity index (χ4n) is 2.82. The Kier molecular flexibility index (Phi) is 6.12. The van der Waals surface area contributed by atoms with Crippen molar-refractivity contribution in [2.75, 3.05) is 19.6 Å². The zero-order chi connectivity index (χ0) is 16.8. The normalized spacial score (nSPS) is 21.8. The number of ether oxygens (including phenoxy) is 1. The molecule has 1 aliphatic rings. The molecule has 126 valence electrons. The number of morpholine rings is 1. The van der Waals surface area contributed by atoms with Gasteiger partial charge in [0.05, 0.1) is 18.6 Å². The first-order valence-electron chi connectivity index (χ1n) is 7.91. The number of carbonyl (C=O) groups is 2. The second-order valence-electron chi connectivity index (χ2n) is 6.05. The fraction of sp³-hybridized carbons (Fsp3) is 0.529. The van der Waals surface area contributed by atoms with Crippen LogP contribution in [0.4, 0.5) is 0 Å². The fourth-order valence-corrected chi connectivity index (χ4v) is 2.82. The number of benzene rings is 1. The van der Waals surface area contributed by atoms with E-state index in [9.17, 15) is 9.59 Å². The summed E-state index contributed by atoms with van der Waals surface area (Å²) in [4.78, 5) is 24.7. The van der Waals surface area contributed by atoms with Crippen molar-refractivity contribution in [3.8, 4) is 0 Å². The number of rotatable bonds is 6. The molecule has 0 saturated carbocycles. The van der Waals surface area contributed by atoms with Crippen molar-refractivity contribution >= 4 is 11.9 Å². The van der Waals surface area contributed by atoms with Crippen LogP contribution in [0.1, 0.15) is 36.2 Å². The minimum absolute atomic E-state index is 0.0722. The summed E-state index contributed by atoms with van der Waals surface area (Å²) in [5.41, 5.74) is 1.69. The molecule has 6 heteroatoms. The number of hydrogen-bond acceptors (Lipinski definition) is 4. The molecule has 1 aliphatic heterocycles. The van der Waals surface area contributed by atoms with Crippen LogP contribution in [0.25, 0.3) is 0 Å². The molecule has 1 amide bonds. The predicted octanol–water partition coefficient (Wildman–Crippen LogP) is 1.50. The third-order valence-electron chi connectivity index (χ3n) is 3.74. The van der Waals surface area contributed by atoms with Gasteiger partial charge in [-0.05, 0) is 31.5 Å². The lowest BCUT2D eigenvalue weighted by molar-refractivity contribution is -0.136. The van der Waals surface area contributed by atoms with Gasteiger partial charge in [-0.3, -0.25) is 14.5 Å². The van der Waals surface area contributed by atoms with Gasteiger partial charge in [0.25, 0.3) is 5.91 Å². The molecule has 23 heavy (non-hydrogen) atoms. The minimum atomic E-state index is -0.922. The highest BCUT2D eigenvalue weighted by molar-refractivity contribution is 5.94. The van der Waals surface area contributed by atoms with Crippen molar-refractivity contribution < 1.29 is 19.4 Å². The van der Waals surface area contributed by atoms with Gasteiger partial charge in [0, 0.05) is 31.7 Å². The van der Waals surface area contributed by atoms with E-state index in [2.05, 4.69) is 24.1 Å². The van der Waals surface area contributed by atoms with Crippen molar-refractivity contribution in [1.29, 1.82) is 0 Å². The molecule has 2 atom stereocenters. The topological polar surface area (TPSA) is 78.9 Å². The Morgan fingerprint density at radius 1 is 1.22 bits per heavy atom. The zero-order valence-corrected chi connectivity index (χ0v) is 13.6. The van der Waals surface area contributed by atoms with Crippen LogP contribution < -0.4 is 5.32 Å². The first kappa shape index (κ1) is 17.4. The second kappa shape index (κ2) is 8.08. The predicted molar refractivity (Wildman–Crippen MR) is 86.3 cm³/mol. The number of aliphatic carboxylic acids is 1. The molecule has 2 N–H and O–H groups in total. The van der Waals surface area contributed by atoms with Crippen LogP contribution in [0.15, 0.2) is 24.3 Å². The van der Waals surface area contributed by atoms with Crippen molar-refractivity contribution in [3.63, 3.8) is 0 Å². The van der Waals surface area contributed by atoms with Crippen molar-refractivity contribution in [3.05, 3.63) is 35.4 Å². The van der Waals surface area contributed by atoms with E-state index in [1.807, 2.05) is 12.1 Å². The van der Waals surface area contributed by atoms with Gasteiger partial charge in [0.2, 0.25) is 0 Å². The minimum Gasteiger partial charge on any atom is -0.481 e. The van der Waals surface area contributed by atoms with E-state index < -0.39 is 5.97 Å². The first-order valence-corrected chi connectivity index (χ1v) is 7.91. The van der Waals surface area contributed by atoms with Gasteiger partial charge in [-0.25, -0.2) is 0 Å². The maximum atomic E-state index is 11.9. The maximum Gasteiger partial charge on any atom is 0.305 e. The average Bonchev–Trinajstić information content (AvgIpc) is 2.46. The molecule has 0 aromatic heterocycles. The molecule has 2 unspecified atom stereocenters. The van der Waals surface area contributed by atoms with Crippen LogP contribution in [0.2, 0.25) is 0 Å². The highest BCUT2D eigenvalue weighted by Crippen LogP contribution is 2.14. The van der Waals surface area contributed by atoms with E-state index in [1.165, 1.54) is 0 Å². The first-order chi connectivity index (χ1) is 10.9. The Morgan fingerprint density at radius 3 is 2.39 bits per heavy atom. The van der Waals surface area contributed by atoms with Gasteiger partial charge >= 0.3 is 5.97 Å². The van der Waals surface area contributed by atoms with Gasteiger partial charge in [0.15, 0.2) is 0 Å². The summed E-state index contributed by atoms with van der Waals surface area (Å²) in [5, 5.41) is 11.2. The molecule has 1 saturated heterocycles. The number of hydrogen-bond donors (Lipinski definition) is 2. The maximum absolute atomic E-state index is 11.9. The molecule has 0 bridgehead atoms. The van der Waals surface area contributed by atoms with Gasteiger partial charge in [-0.15, -0.1) is 0 Å². The smallest absolute Gasteiger partial charge is 0.305 e. The Morgan fingerprint density at radius 2 is 1.83 bits per heavy atom. The largest absolute Gasteiger partial charge is 0.481 e. The van der Waals surface area contributed by atoms with Crippen LogP contribution in [-0.4, -0.2) is 53.7 Å². The van der Waals surface area contributed by atoms with Crippen molar-refractivity contribution in [2.45, 2.75) is 39.0 Å². The lowest BCUT2D eigenvalue weighted by Gasteiger charge is -2.35. The lowest BCUT2D eigenvalue weighted by Crippen LogP contribution is -2.44. The van der Waals surface area contributed by atoms with Crippen LogP contribution >= 0.6 is 0 Å². The third kappa shape index (κ3) is 5.65. The van der Waals surface area contributed by atoms with Crippen molar-refractivity contribution in [1.82, 2.24) is 10.2 Å². The summed E-state index contributed by atoms with van der Waals surface area (Å²) in [6, 6.07) is 7.44. The molecular weight excluding hydrogens is 296 g/mol. The molecule has 1 fully saturated rings. The van der Waals surface area contributed by atoms with E-state index in [-0.39, 0.29) is 31.1 Å². The van der Waals surface area contributed by atoms with Gasteiger partial charge in [0.1, 0.15) is 0 Å². The second-order valence-corrected chi connectivity index (χ2v) is 6.05. The van der Waals surface area contributed by atoms with Crippen LogP contribution in [0, 0.1) is 0 Å². The number of carboxylic acid groups (broad SMARTS) is 1. The zero-order valence-electron chi connectivity index (χ0n) is 13.6. The number of amides is 1. The molecule has 2 rings (SSSR count). The number of nitrogens with zero attached hydrogens (tertiary/aromatic N) is 1. The monoisotopic (exact) mass is 320 g/mol. The molecule has 1 aromatic carbocycles. The van der Waals surface area contributed by atoms with Gasteiger partial charge < -0.3 is 15.2 Å². The highest BCUT2D eigenvalue weighted by atomic mass is 16.5. The van der Waals surface area contributed by atoms with E-state index in [0.717, 1.165) is 25.2 Å². The van der Waals surface area contributed by atoms with Crippen molar-refractivity contribution in [2.24, 2.45) is 0 Å². The molecule has 6 nitrogen and oxygen atoms in total. The van der Waals surface area contributed by atoms with Crippen LogP contribution in [0.3, 0.4) is 0 Å². The summed E-state index contributed by atoms with van der Waals surface area (Å²) in [7, 11) is 0. The van der Waals surface area contributed by atoms with Crippen LogP contribution in [-0.2, 0) is 16.1 Å². The Hall–Kier alpha value is -1.92. The lowest BCUT2D eigenvalue weighted by atomic mass is 10.1. The summed E-state index contributed by atoms with van der Waals surface area (Å²) < 4.78 is 5.72. The van der Waals surface area contributed by atoms with E-state index >= 15 is 0 Å². The van der Waals surface area contributed by atoms with E-state index in [0.29, 0.717) is 5.56 Å². The standard InChI is InChI=1S/C17H24N2O4/c1-12-9-19(10-13(2)23-12)11-14-3-5-15(6-4-14)17(22)18-8-7-16(20)21/h3-6,12-13H,7-11H2,1-2H3,(H,18,22)(H,20,21). The molecule has 1 heterocycles. The number of nitrogens with one attached hydrogen (secondary N) is 1. The van der Waals surface area contributed by atoms with Gasteiger partial charge in [-0.1, -0.05) is 12.1 Å². The SMILES string of the molecule is CC1CN(Cc2ccc(C(=O)NCCC(=O)O)cc2)CC(C)O1. The molecular formula is C17H24N2O4. The van der Waals surface area contributed by atoms with E-state index in [1.54, 1.807) is 12.1 Å². The van der Waals surface area contributed by atoms with Gasteiger partial charge in [-0.2, -0.15) is 0 Å². The number of carbonyl (C=O) groups excluding carboxylic acids is 1. The average molecular weight is 320 g/mol. The Bertz CT molecular complexity index is 534. The Labute approximate surface area is 136 Å². The molecule has 0 radical (unpaired) electrons.